The maximum atomic E-state index is 13.8. The molecule has 0 atom stereocenters. The van der Waals surface area contributed by atoms with Crippen molar-refractivity contribution >= 4 is 45.9 Å². The summed E-state index contributed by atoms with van der Waals surface area (Å²) in [6.45, 7) is 6.10. The Bertz CT molecular complexity index is 1450. The molecule has 0 aliphatic heterocycles. The molecule has 0 unspecified atom stereocenters. The van der Waals surface area contributed by atoms with Gasteiger partial charge in [0.25, 0.3) is 5.56 Å². The number of rotatable bonds is 6. The van der Waals surface area contributed by atoms with E-state index in [2.05, 4.69) is 24.1 Å². The molecule has 5 nitrogen and oxygen atoms in total. The summed E-state index contributed by atoms with van der Waals surface area (Å²) < 4.78 is 15.1. The summed E-state index contributed by atoms with van der Waals surface area (Å²) in [6.07, 6.45) is 0. The third-order valence-electron chi connectivity index (χ3n) is 5.43. The molecule has 3 aromatic carbocycles. The Morgan fingerprint density at radius 3 is 2.65 bits per heavy atom. The van der Waals surface area contributed by atoms with Gasteiger partial charge in [-0.3, -0.25) is 14.2 Å². The number of benzene rings is 3. The minimum absolute atomic E-state index is 0.0333. The van der Waals surface area contributed by atoms with E-state index in [1.165, 1.54) is 22.8 Å². The molecule has 0 spiro atoms. The zero-order valence-corrected chi connectivity index (χ0v) is 20.5. The van der Waals surface area contributed by atoms with Gasteiger partial charge in [-0.1, -0.05) is 67.5 Å². The van der Waals surface area contributed by atoms with Crippen molar-refractivity contribution in [3.05, 3.63) is 93.0 Å². The standard InChI is InChI=1S/C26H23ClFN3O2S/c1-15(2)18-9-6-7-16(3)24(18)30-23(32)14-34-26-29-22-10-5-4-8-19(22)25(33)31(26)17-11-12-21(28)20(27)13-17/h4-13,15H,14H2,1-3H3,(H,30,32). The number of nitrogens with one attached hydrogen (secondary N) is 1. The summed E-state index contributed by atoms with van der Waals surface area (Å²) in [5.74, 6) is -0.517. The number of anilines is 1. The van der Waals surface area contributed by atoms with Gasteiger partial charge in [-0.2, -0.15) is 0 Å². The number of hydrogen-bond donors (Lipinski definition) is 1. The number of aromatic nitrogens is 2. The van der Waals surface area contributed by atoms with Crippen molar-refractivity contribution in [1.29, 1.82) is 0 Å². The number of fused-ring (bicyclic) bond motifs is 1. The number of carbonyl (C=O) groups is 1. The molecule has 1 heterocycles. The fraction of sp³-hybridized carbons (Fsp3) is 0.192. The summed E-state index contributed by atoms with van der Waals surface area (Å²) >= 11 is 7.11. The van der Waals surface area contributed by atoms with E-state index in [9.17, 15) is 14.0 Å². The Kier molecular flexibility index (Phi) is 7.05. The van der Waals surface area contributed by atoms with E-state index in [-0.39, 0.29) is 28.2 Å². The first-order chi connectivity index (χ1) is 16.3. The second kappa shape index (κ2) is 9.99. The van der Waals surface area contributed by atoms with Gasteiger partial charge in [-0.15, -0.1) is 0 Å². The van der Waals surface area contributed by atoms with Crippen LogP contribution in [0.3, 0.4) is 0 Å². The van der Waals surface area contributed by atoms with Crippen LogP contribution in [-0.4, -0.2) is 21.2 Å². The Labute approximate surface area is 206 Å². The molecule has 0 bridgehead atoms. The average molecular weight is 496 g/mol. The molecule has 0 saturated heterocycles. The number of halogens is 2. The Morgan fingerprint density at radius 1 is 1.15 bits per heavy atom. The summed E-state index contributed by atoms with van der Waals surface area (Å²) in [7, 11) is 0. The van der Waals surface area contributed by atoms with Crippen molar-refractivity contribution in [2.24, 2.45) is 0 Å². The molecule has 4 rings (SSSR count). The summed E-state index contributed by atoms with van der Waals surface area (Å²) in [6, 6.07) is 16.9. The van der Waals surface area contributed by atoms with Crippen LogP contribution in [-0.2, 0) is 4.79 Å². The van der Waals surface area contributed by atoms with E-state index in [1.807, 2.05) is 25.1 Å². The predicted octanol–water partition coefficient (Wildman–Crippen LogP) is 6.34. The zero-order valence-electron chi connectivity index (χ0n) is 18.9. The molecule has 4 aromatic rings. The van der Waals surface area contributed by atoms with Gasteiger partial charge in [-0.25, -0.2) is 9.37 Å². The van der Waals surface area contributed by atoms with Crippen LogP contribution in [0.4, 0.5) is 10.1 Å². The van der Waals surface area contributed by atoms with Crippen LogP contribution in [0.5, 0.6) is 0 Å². The summed E-state index contributed by atoms with van der Waals surface area (Å²) in [4.78, 5) is 30.8. The van der Waals surface area contributed by atoms with Crippen LogP contribution < -0.4 is 10.9 Å². The SMILES string of the molecule is Cc1cccc(C(C)C)c1NC(=O)CSc1nc2ccccc2c(=O)n1-c1ccc(F)c(Cl)c1. The monoisotopic (exact) mass is 495 g/mol. The normalized spacial score (nSPS) is 11.2. The second-order valence-corrected chi connectivity index (χ2v) is 9.53. The number of hydrogen-bond acceptors (Lipinski definition) is 4. The van der Waals surface area contributed by atoms with Crippen molar-refractivity contribution in [3.63, 3.8) is 0 Å². The molecule has 1 aromatic heterocycles. The van der Waals surface area contributed by atoms with Crippen molar-refractivity contribution in [2.45, 2.75) is 31.8 Å². The van der Waals surface area contributed by atoms with E-state index in [4.69, 9.17) is 11.6 Å². The number of amides is 1. The third-order valence-corrected chi connectivity index (χ3v) is 6.66. The first-order valence-corrected chi connectivity index (χ1v) is 12.1. The number of carbonyl (C=O) groups excluding carboxylic acids is 1. The molecule has 1 N–H and O–H groups in total. The maximum Gasteiger partial charge on any atom is 0.266 e. The average Bonchev–Trinajstić information content (AvgIpc) is 2.81. The molecule has 0 aliphatic carbocycles. The molecule has 0 aliphatic rings. The highest BCUT2D eigenvalue weighted by atomic mass is 35.5. The molecule has 174 valence electrons. The summed E-state index contributed by atoms with van der Waals surface area (Å²) in [5, 5.41) is 3.64. The number of nitrogens with zero attached hydrogens (tertiary/aromatic N) is 2. The molecule has 1 amide bonds. The van der Waals surface area contributed by atoms with Crippen LogP contribution in [0.2, 0.25) is 5.02 Å². The van der Waals surface area contributed by atoms with Crippen molar-refractivity contribution in [2.75, 3.05) is 11.1 Å². The van der Waals surface area contributed by atoms with Crippen molar-refractivity contribution in [1.82, 2.24) is 9.55 Å². The van der Waals surface area contributed by atoms with Crippen LogP contribution in [0.1, 0.15) is 30.9 Å². The molecular formula is C26H23ClFN3O2S. The van der Waals surface area contributed by atoms with Gasteiger partial charge < -0.3 is 5.32 Å². The first-order valence-electron chi connectivity index (χ1n) is 10.8. The van der Waals surface area contributed by atoms with Crippen molar-refractivity contribution in [3.8, 4) is 5.69 Å². The van der Waals surface area contributed by atoms with Gasteiger partial charge in [-0.05, 0) is 54.3 Å². The van der Waals surface area contributed by atoms with E-state index in [1.54, 1.807) is 24.3 Å². The lowest BCUT2D eigenvalue weighted by molar-refractivity contribution is -0.113. The van der Waals surface area contributed by atoms with Crippen molar-refractivity contribution < 1.29 is 9.18 Å². The lowest BCUT2D eigenvalue weighted by atomic mass is 9.98. The van der Waals surface area contributed by atoms with Gasteiger partial charge in [0, 0.05) is 5.69 Å². The fourth-order valence-corrected chi connectivity index (χ4v) is 4.70. The van der Waals surface area contributed by atoms with Crippen LogP contribution in [0.15, 0.2) is 70.6 Å². The van der Waals surface area contributed by atoms with Crippen LogP contribution in [0.25, 0.3) is 16.6 Å². The van der Waals surface area contributed by atoms with Gasteiger partial charge in [0.15, 0.2) is 5.16 Å². The molecular weight excluding hydrogens is 473 g/mol. The zero-order chi connectivity index (χ0) is 24.4. The third kappa shape index (κ3) is 4.86. The van der Waals surface area contributed by atoms with E-state index in [0.717, 1.165) is 28.6 Å². The highest BCUT2D eigenvalue weighted by molar-refractivity contribution is 7.99. The maximum absolute atomic E-state index is 13.8. The number of thioether (sulfide) groups is 1. The van der Waals surface area contributed by atoms with Gasteiger partial charge in [0.2, 0.25) is 5.91 Å². The van der Waals surface area contributed by atoms with E-state index < -0.39 is 5.82 Å². The first kappa shape index (κ1) is 24.0. The Balaban J connectivity index is 1.69. The molecule has 8 heteroatoms. The second-order valence-electron chi connectivity index (χ2n) is 8.18. The Hall–Kier alpha value is -3.16. The van der Waals surface area contributed by atoms with Gasteiger partial charge >= 0.3 is 0 Å². The van der Waals surface area contributed by atoms with Gasteiger partial charge in [0.05, 0.1) is 27.4 Å². The number of aryl methyl sites for hydroxylation is 1. The summed E-state index contributed by atoms with van der Waals surface area (Å²) in [5.41, 5.74) is 3.40. The molecule has 0 saturated carbocycles. The minimum atomic E-state index is -0.583. The highest BCUT2D eigenvalue weighted by Gasteiger charge is 2.17. The quantitative estimate of drug-likeness (QED) is 0.250. The van der Waals surface area contributed by atoms with Crippen LogP contribution >= 0.6 is 23.4 Å². The molecule has 34 heavy (non-hydrogen) atoms. The largest absolute Gasteiger partial charge is 0.325 e. The lowest BCUT2D eigenvalue weighted by Crippen LogP contribution is -2.23. The number of para-hydroxylation sites is 2. The van der Waals surface area contributed by atoms with Crippen LogP contribution in [0, 0.1) is 12.7 Å². The Morgan fingerprint density at radius 2 is 1.91 bits per heavy atom. The molecule has 0 fully saturated rings. The molecule has 0 radical (unpaired) electrons. The fourth-order valence-electron chi connectivity index (χ4n) is 3.71. The van der Waals surface area contributed by atoms with E-state index in [0.29, 0.717) is 21.7 Å². The van der Waals surface area contributed by atoms with Gasteiger partial charge in [0.1, 0.15) is 5.82 Å². The topological polar surface area (TPSA) is 64.0 Å². The highest BCUT2D eigenvalue weighted by Crippen LogP contribution is 2.28. The predicted molar refractivity (Wildman–Crippen MR) is 137 cm³/mol. The minimum Gasteiger partial charge on any atom is -0.325 e. The lowest BCUT2D eigenvalue weighted by Gasteiger charge is -2.17. The van der Waals surface area contributed by atoms with E-state index >= 15 is 0 Å². The smallest absolute Gasteiger partial charge is 0.266 e.